The third-order valence-corrected chi connectivity index (χ3v) is 7.63. The molecule has 0 spiro atoms. The molecule has 176 valence electrons. The highest BCUT2D eigenvalue weighted by Crippen LogP contribution is 2.21. The molecule has 0 saturated carbocycles. The molecule has 33 heavy (non-hydrogen) atoms. The van der Waals surface area contributed by atoms with Gasteiger partial charge in [0, 0.05) is 50.1 Å². The normalized spacial score (nSPS) is 15.1. The molecule has 10 nitrogen and oxygen atoms in total. The van der Waals surface area contributed by atoms with E-state index in [0.29, 0.717) is 23.0 Å². The molecular formula is C21H25ClN6O4S. The molecule has 4 rings (SSSR count). The molecule has 0 N–H and O–H groups in total. The van der Waals surface area contributed by atoms with Crippen molar-refractivity contribution in [3.05, 3.63) is 59.1 Å². The van der Waals surface area contributed by atoms with Crippen molar-refractivity contribution in [1.82, 2.24) is 28.8 Å². The smallest absolute Gasteiger partial charge is 0.274 e. The van der Waals surface area contributed by atoms with Crippen molar-refractivity contribution in [1.29, 1.82) is 0 Å². The number of aromatic nitrogens is 4. The number of hydrogen-bond donors (Lipinski definition) is 0. The molecule has 1 amide bonds. The van der Waals surface area contributed by atoms with Crippen LogP contribution in [0.15, 0.2) is 47.6 Å². The van der Waals surface area contributed by atoms with Crippen LogP contribution in [-0.2, 0) is 23.3 Å². The standard InChI is InChI=1S/C21H25ClN6O4S/c1-3-26-14-20(16(2)23-26)33(30,31)28-11-9-25(10-12-28)21(29)19-7-8-27(24-19)15-32-18-6-4-5-17(22)13-18/h4-8,13-14H,3,9-12,15H2,1-2H3. The van der Waals surface area contributed by atoms with E-state index >= 15 is 0 Å². The number of amides is 1. The zero-order valence-corrected chi connectivity index (χ0v) is 20.0. The summed E-state index contributed by atoms with van der Waals surface area (Å²) in [6.45, 7) is 5.30. The average molecular weight is 493 g/mol. The van der Waals surface area contributed by atoms with Crippen molar-refractivity contribution in [3.63, 3.8) is 0 Å². The maximum atomic E-state index is 13.0. The summed E-state index contributed by atoms with van der Waals surface area (Å²) in [6, 6.07) is 8.63. The van der Waals surface area contributed by atoms with Crippen LogP contribution < -0.4 is 4.74 Å². The van der Waals surface area contributed by atoms with Gasteiger partial charge in [-0.15, -0.1) is 0 Å². The lowest BCUT2D eigenvalue weighted by Crippen LogP contribution is -2.50. The highest BCUT2D eigenvalue weighted by atomic mass is 35.5. The molecule has 0 bridgehead atoms. The highest BCUT2D eigenvalue weighted by Gasteiger charge is 2.33. The molecule has 1 aliphatic rings. The first-order chi connectivity index (χ1) is 15.8. The van der Waals surface area contributed by atoms with E-state index in [4.69, 9.17) is 16.3 Å². The quantitative estimate of drug-likeness (QED) is 0.501. The summed E-state index contributed by atoms with van der Waals surface area (Å²) < 4.78 is 36.2. The summed E-state index contributed by atoms with van der Waals surface area (Å²) in [5, 5.41) is 9.09. The number of halogens is 1. The number of nitrogens with zero attached hydrogens (tertiary/aromatic N) is 6. The summed E-state index contributed by atoms with van der Waals surface area (Å²) in [4.78, 5) is 14.7. The Morgan fingerprint density at radius 3 is 2.55 bits per heavy atom. The van der Waals surface area contributed by atoms with E-state index < -0.39 is 10.0 Å². The van der Waals surface area contributed by atoms with Crippen LogP contribution in [0.25, 0.3) is 0 Å². The summed E-state index contributed by atoms with van der Waals surface area (Å²) in [6.07, 6.45) is 3.22. The number of rotatable bonds is 7. The van der Waals surface area contributed by atoms with Gasteiger partial charge in [-0.05, 0) is 38.1 Å². The van der Waals surface area contributed by atoms with Crippen molar-refractivity contribution in [2.75, 3.05) is 26.2 Å². The average Bonchev–Trinajstić information content (AvgIpc) is 3.44. The maximum absolute atomic E-state index is 13.0. The molecule has 0 atom stereocenters. The molecule has 3 heterocycles. The van der Waals surface area contributed by atoms with Gasteiger partial charge in [0.25, 0.3) is 5.91 Å². The Balaban J connectivity index is 1.35. The fourth-order valence-corrected chi connectivity index (χ4v) is 5.36. The number of carbonyl (C=O) groups excluding carboxylic acids is 1. The minimum atomic E-state index is -3.66. The van der Waals surface area contributed by atoms with Crippen molar-refractivity contribution in [2.45, 2.75) is 32.0 Å². The van der Waals surface area contributed by atoms with Gasteiger partial charge >= 0.3 is 0 Å². The summed E-state index contributed by atoms with van der Waals surface area (Å²) in [5.74, 6) is 0.353. The Bertz CT molecular complexity index is 1250. The van der Waals surface area contributed by atoms with Gasteiger partial charge in [-0.2, -0.15) is 14.5 Å². The molecule has 2 aromatic heterocycles. The minimum Gasteiger partial charge on any atom is -0.471 e. The topological polar surface area (TPSA) is 103 Å². The molecule has 12 heteroatoms. The molecular weight excluding hydrogens is 468 g/mol. The Labute approximate surface area is 197 Å². The third kappa shape index (κ3) is 5.05. The number of aryl methyl sites for hydroxylation is 2. The minimum absolute atomic E-state index is 0.129. The number of benzene rings is 1. The van der Waals surface area contributed by atoms with Gasteiger partial charge < -0.3 is 9.64 Å². The fraction of sp³-hybridized carbons (Fsp3) is 0.381. The van der Waals surface area contributed by atoms with Crippen LogP contribution in [-0.4, -0.2) is 69.3 Å². The van der Waals surface area contributed by atoms with E-state index in [-0.39, 0.29) is 49.4 Å². The van der Waals surface area contributed by atoms with Crippen LogP contribution in [0.3, 0.4) is 0 Å². The molecule has 0 radical (unpaired) electrons. The van der Waals surface area contributed by atoms with Crippen LogP contribution in [0.2, 0.25) is 5.02 Å². The van der Waals surface area contributed by atoms with Crippen LogP contribution in [0.1, 0.15) is 23.1 Å². The van der Waals surface area contributed by atoms with E-state index in [9.17, 15) is 13.2 Å². The van der Waals surface area contributed by atoms with Gasteiger partial charge in [0.05, 0.1) is 5.69 Å². The lowest BCUT2D eigenvalue weighted by Gasteiger charge is -2.33. The first-order valence-electron chi connectivity index (χ1n) is 10.5. The van der Waals surface area contributed by atoms with E-state index in [1.807, 2.05) is 6.92 Å². The second kappa shape index (κ2) is 9.54. The number of piperazine rings is 1. The largest absolute Gasteiger partial charge is 0.471 e. The summed E-state index contributed by atoms with van der Waals surface area (Å²) >= 11 is 5.95. The third-order valence-electron chi connectivity index (χ3n) is 5.39. The monoisotopic (exact) mass is 492 g/mol. The fourth-order valence-electron chi connectivity index (χ4n) is 3.59. The van der Waals surface area contributed by atoms with Gasteiger partial charge in [0.2, 0.25) is 10.0 Å². The van der Waals surface area contributed by atoms with Crippen molar-refractivity contribution in [2.24, 2.45) is 0 Å². The molecule has 1 aliphatic heterocycles. The molecule has 0 unspecified atom stereocenters. The van der Waals surface area contributed by atoms with Gasteiger partial charge in [-0.3, -0.25) is 9.48 Å². The van der Waals surface area contributed by atoms with Crippen LogP contribution in [0, 0.1) is 6.92 Å². The number of carbonyl (C=O) groups is 1. The van der Waals surface area contributed by atoms with Gasteiger partial charge in [-0.1, -0.05) is 17.7 Å². The molecule has 1 fully saturated rings. The summed E-state index contributed by atoms with van der Waals surface area (Å²) in [5.41, 5.74) is 0.752. The van der Waals surface area contributed by atoms with Crippen LogP contribution in [0.4, 0.5) is 0 Å². The predicted octanol–water partition coefficient (Wildman–Crippen LogP) is 2.24. The maximum Gasteiger partial charge on any atom is 0.274 e. The first-order valence-corrected chi connectivity index (χ1v) is 12.3. The number of sulfonamides is 1. The molecule has 0 aliphatic carbocycles. The zero-order chi connectivity index (χ0) is 23.6. The predicted molar refractivity (Wildman–Crippen MR) is 122 cm³/mol. The van der Waals surface area contributed by atoms with Crippen LogP contribution >= 0.6 is 11.6 Å². The van der Waals surface area contributed by atoms with Crippen molar-refractivity contribution < 1.29 is 17.9 Å². The first kappa shape index (κ1) is 23.3. The zero-order valence-electron chi connectivity index (χ0n) is 18.4. The SMILES string of the molecule is CCn1cc(S(=O)(=O)N2CCN(C(=O)c3ccn(COc4cccc(Cl)c4)n3)CC2)c(C)n1. The van der Waals surface area contributed by atoms with E-state index in [1.165, 1.54) is 8.99 Å². The Kier molecular flexibility index (Phi) is 6.73. The Morgan fingerprint density at radius 1 is 1.12 bits per heavy atom. The van der Waals surface area contributed by atoms with E-state index in [0.717, 1.165) is 0 Å². The highest BCUT2D eigenvalue weighted by molar-refractivity contribution is 7.89. The molecule has 1 saturated heterocycles. The van der Waals surface area contributed by atoms with Crippen molar-refractivity contribution in [3.8, 4) is 5.75 Å². The van der Waals surface area contributed by atoms with E-state index in [2.05, 4.69) is 10.2 Å². The Hall–Kier alpha value is -2.89. The second-order valence-corrected chi connectivity index (χ2v) is 9.94. The van der Waals surface area contributed by atoms with Crippen molar-refractivity contribution >= 4 is 27.5 Å². The Morgan fingerprint density at radius 2 is 1.88 bits per heavy atom. The lowest BCUT2D eigenvalue weighted by atomic mass is 10.3. The number of ether oxygens (including phenoxy) is 1. The lowest BCUT2D eigenvalue weighted by molar-refractivity contribution is 0.0690. The van der Waals surface area contributed by atoms with E-state index in [1.54, 1.807) is 59.2 Å². The summed E-state index contributed by atoms with van der Waals surface area (Å²) in [7, 11) is -3.66. The number of hydrogen-bond acceptors (Lipinski definition) is 6. The van der Waals surface area contributed by atoms with Crippen LogP contribution in [0.5, 0.6) is 5.75 Å². The van der Waals surface area contributed by atoms with Gasteiger partial charge in [0.15, 0.2) is 12.4 Å². The molecule has 1 aromatic carbocycles. The molecule has 3 aromatic rings. The second-order valence-electron chi connectivity index (χ2n) is 7.60. The van der Waals surface area contributed by atoms with Gasteiger partial charge in [-0.25, -0.2) is 13.1 Å². The van der Waals surface area contributed by atoms with Gasteiger partial charge in [0.1, 0.15) is 10.6 Å².